The number of Topliss-reactive ketones (excluding diaryl/α,β-unsaturated/α-hetero) is 2. The van der Waals surface area contributed by atoms with Crippen molar-refractivity contribution < 1.29 is 53.8 Å². The second kappa shape index (κ2) is 14.3. The number of carboxylic acids is 2. The van der Waals surface area contributed by atoms with Crippen molar-refractivity contribution in [3.05, 3.63) is 68.9 Å². The number of benzene rings is 1. The Morgan fingerprint density at radius 3 is 2.44 bits per heavy atom. The number of β-lactam (4-membered cyclic amide) rings is 1. The van der Waals surface area contributed by atoms with E-state index in [0.29, 0.717) is 9.80 Å². The second-order valence-corrected chi connectivity index (χ2v) is 15.4. The van der Waals surface area contributed by atoms with Gasteiger partial charge in [0.05, 0.1) is 16.3 Å². The number of amides is 1. The molecule has 0 bridgehead atoms. The summed E-state index contributed by atoms with van der Waals surface area (Å²) < 4.78 is 1.56. The number of nitrogen functional groups attached to an aromatic ring is 1. The first kappa shape index (κ1) is 36.6. The van der Waals surface area contributed by atoms with Crippen LogP contribution < -0.4 is 10.3 Å². The molecular weight excluding hydrogens is 734 g/mol. The van der Waals surface area contributed by atoms with Crippen LogP contribution in [0.1, 0.15) is 43.2 Å². The van der Waals surface area contributed by atoms with Gasteiger partial charge >= 0.3 is 11.9 Å². The summed E-state index contributed by atoms with van der Waals surface area (Å²) in [5.74, 6) is -6.26. The molecule has 1 amide bonds. The number of hydrogen-bond acceptors (Lipinski definition) is 14. The van der Waals surface area contributed by atoms with Crippen LogP contribution in [0.15, 0.2) is 62.7 Å². The first-order chi connectivity index (χ1) is 23.5. The van der Waals surface area contributed by atoms with Crippen LogP contribution >= 0.6 is 46.5 Å². The zero-order chi connectivity index (χ0) is 36.7. The van der Waals surface area contributed by atoms with Gasteiger partial charge in [0.2, 0.25) is 23.8 Å². The Labute approximate surface area is 301 Å². The third kappa shape index (κ3) is 7.28. The molecule has 1 saturated heterocycles. The van der Waals surface area contributed by atoms with Crippen LogP contribution in [0.2, 0.25) is 5.02 Å². The predicted octanol–water partition coefficient (Wildman–Crippen LogP) is 3.51. The zero-order valence-electron chi connectivity index (χ0n) is 26.4. The second-order valence-electron chi connectivity index (χ2n) is 11.6. The summed E-state index contributed by atoms with van der Waals surface area (Å²) >= 11 is 9.50. The molecule has 4 heterocycles. The lowest BCUT2D eigenvalue weighted by atomic mass is 9.89. The van der Waals surface area contributed by atoms with E-state index in [1.54, 1.807) is 36.0 Å². The van der Waals surface area contributed by atoms with Crippen molar-refractivity contribution in [1.82, 2.24) is 9.88 Å². The highest BCUT2D eigenvalue weighted by atomic mass is 35.5. The molecule has 0 aliphatic carbocycles. The number of phenolic OH excluding ortho intramolecular Hbond substituents is 2. The van der Waals surface area contributed by atoms with E-state index in [1.165, 1.54) is 37.1 Å². The quantitative estimate of drug-likeness (QED) is 0.0419. The molecule has 3 aromatic rings. The maximum absolute atomic E-state index is 13.5. The number of aromatic hydroxyl groups is 2. The van der Waals surface area contributed by atoms with Gasteiger partial charge in [-0.3, -0.25) is 19.3 Å². The molecule has 0 spiro atoms. The van der Waals surface area contributed by atoms with Gasteiger partial charge in [0, 0.05) is 44.5 Å². The van der Waals surface area contributed by atoms with Crippen LogP contribution in [0.3, 0.4) is 0 Å². The average molecular weight is 763 g/mol. The number of rotatable bonds is 13. The van der Waals surface area contributed by atoms with Crippen molar-refractivity contribution in [3.8, 4) is 11.5 Å². The molecule has 2 aliphatic heterocycles. The summed E-state index contributed by atoms with van der Waals surface area (Å²) in [4.78, 5) is 75.2. The van der Waals surface area contributed by atoms with Gasteiger partial charge in [0.15, 0.2) is 40.5 Å². The largest absolute Gasteiger partial charge is 0.504 e. The number of phenols is 2. The number of ketones is 2. The minimum atomic E-state index is -1.77. The van der Waals surface area contributed by atoms with E-state index < -0.39 is 63.1 Å². The minimum Gasteiger partial charge on any atom is -0.504 e. The number of carbonyl (C=O) groups excluding carboxylic acids is 3. The molecule has 19 heteroatoms. The molecule has 2 aliphatic rings. The van der Waals surface area contributed by atoms with Gasteiger partial charge in [0.25, 0.3) is 0 Å². The molecule has 1 aromatic carbocycles. The van der Waals surface area contributed by atoms with E-state index in [4.69, 9.17) is 22.2 Å². The number of carbonyl (C=O) groups is 5. The van der Waals surface area contributed by atoms with E-state index in [0.717, 1.165) is 34.1 Å². The number of halogens is 1. The molecular formula is C31H29ClN5O10S3+. The Kier molecular flexibility index (Phi) is 10.5. The van der Waals surface area contributed by atoms with Crippen LogP contribution in [0.4, 0.5) is 5.13 Å². The summed E-state index contributed by atoms with van der Waals surface area (Å²) in [7, 11) is 0. The Hall–Kier alpha value is -4.65. The Morgan fingerprint density at radius 1 is 1.16 bits per heavy atom. The zero-order valence-corrected chi connectivity index (χ0v) is 29.6. The van der Waals surface area contributed by atoms with E-state index >= 15 is 0 Å². The topological polar surface area (TPSA) is 234 Å². The van der Waals surface area contributed by atoms with E-state index in [1.807, 2.05) is 0 Å². The molecule has 15 nitrogen and oxygen atoms in total. The van der Waals surface area contributed by atoms with Crippen molar-refractivity contribution in [3.63, 3.8) is 0 Å². The Morgan fingerprint density at radius 2 is 1.84 bits per heavy atom. The lowest BCUT2D eigenvalue weighted by Crippen LogP contribution is -2.62. The molecule has 0 radical (unpaired) electrons. The van der Waals surface area contributed by atoms with Crippen LogP contribution in [0.25, 0.3) is 0 Å². The fourth-order valence-electron chi connectivity index (χ4n) is 4.92. The van der Waals surface area contributed by atoms with Gasteiger partial charge in [-0.15, -0.1) is 23.1 Å². The average Bonchev–Trinajstić information content (AvgIpc) is 3.49. The smallest absolute Gasteiger partial charge is 0.353 e. The first-order valence-corrected chi connectivity index (χ1v) is 17.6. The number of fused-ring (bicyclic) bond motifs is 1. The normalized spacial score (nSPS) is 19.1. The predicted molar refractivity (Wildman–Crippen MR) is 183 cm³/mol. The summed E-state index contributed by atoms with van der Waals surface area (Å²) in [5.41, 5.74) is 3.51. The van der Waals surface area contributed by atoms with Gasteiger partial charge in [-0.25, -0.2) is 14.6 Å². The Bertz CT molecular complexity index is 1980. The van der Waals surface area contributed by atoms with E-state index in [-0.39, 0.29) is 45.8 Å². The maximum Gasteiger partial charge on any atom is 0.353 e. The number of nitrogens with zero attached hydrogens (tertiary/aromatic N) is 4. The van der Waals surface area contributed by atoms with Crippen molar-refractivity contribution in [2.45, 2.75) is 54.9 Å². The maximum atomic E-state index is 13.5. The molecule has 5 rings (SSSR count). The fraction of sp³-hybridized carbons (Fsp3) is 0.290. The van der Waals surface area contributed by atoms with Gasteiger partial charge in [-0.05, 0) is 32.9 Å². The van der Waals surface area contributed by atoms with Gasteiger partial charge in [-0.2, -0.15) is 4.57 Å². The van der Waals surface area contributed by atoms with E-state index in [9.17, 15) is 44.4 Å². The highest BCUT2D eigenvalue weighted by Crippen LogP contribution is 2.51. The van der Waals surface area contributed by atoms with Crippen molar-refractivity contribution >= 4 is 86.7 Å². The minimum absolute atomic E-state index is 0.0257. The first-order valence-electron chi connectivity index (χ1n) is 14.6. The Balaban J connectivity index is 1.32. The monoisotopic (exact) mass is 762 g/mol. The van der Waals surface area contributed by atoms with Crippen molar-refractivity contribution in [2.24, 2.45) is 11.1 Å². The summed E-state index contributed by atoms with van der Waals surface area (Å²) in [6, 6.07) is 5.80. The number of oxime groups is 1. The fourth-order valence-corrected chi connectivity index (χ4v) is 8.39. The molecule has 3 atom stereocenters. The number of hydrogen-bond donors (Lipinski definition) is 5. The number of aromatic nitrogens is 2. The van der Waals surface area contributed by atoms with Crippen LogP contribution in [0, 0.1) is 5.92 Å². The van der Waals surface area contributed by atoms with E-state index in [2.05, 4.69) is 10.1 Å². The standard InChI is InChI=1S/C31H28ClN5O10S3/c1-13-25(50-14-6-8-36(9-7-14)11-20(40)15-4-5-18(38)24(41)21(15)32)23(28(43)44)37-26(42)16(27(37)49-13)10-19(39)22(17-12-48-30(33)34-17)35-47-31(2,3)29(45)46/h4-9,12-13,16,27H,10-11H2,1-3H3,(H5-,33,34,35,38,39,40,41,43,44,45,46)/p+1/t13-,16+,27+/m0/s1. The number of aliphatic carboxylic acids is 2. The van der Waals surface area contributed by atoms with Crippen LogP contribution in [0.5, 0.6) is 11.5 Å². The third-order valence-corrected chi connectivity index (χ3v) is 11.6. The van der Waals surface area contributed by atoms with Crippen LogP contribution in [-0.2, 0) is 30.6 Å². The van der Waals surface area contributed by atoms with Gasteiger partial charge < -0.3 is 31.0 Å². The lowest BCUT2D eigenvalue weighted by Gasteiger charge is -2.50. The summed E-state index contributed by atoms with van der Waals surface area (Å²) in [5, 5.41) is 43.1. The molecule has 0 saturated carbocycles. The van der Waals surface area contributed by atoms with Crippen molar-refractivity contribution in [1.29, 1.82) is 0 Å². The number of thioether (sulfide) groups is 2. The lowest BCUT2D eigenvalue weighted by molar-refractivity contribution is -0.683. The molecule has 262 valence electrons. The molecule has 0 unspecified atom stereocenters. The van der Waals surface area contributed by atoms with Gasteiger partial charge in [0.1, 0.15) is 11.4 Å². The number of pyridine rings is 1. The number of carboxylic acid groups (broad SMARTS) is 2. The van der Waals surface area contributed by atoms with Crippen LogP contribution in [-0.4, -0.2) is 81.7 Å². The van der Waals surface area contributed by atoms with Gasteiger partial charge in [-0.1, -0.05) is 28.5 Å². The SMILES string of the molecule is C[C@@H]1S[C@@H]2[C@H](CC(=O)/C(=N\OC(C)(C)C(=O)O)c3csc(N)n3)C(=O)N2C(C(=O)O)=C1Sc1cc[n+](CC(=O)c2ccc(O)c(O)c2Cl)cc1. The molecule has 50 heavy (non-hydrogen) atoms. The molecule has 2 aromatic heterocycles. The number of anilines is 1. The number of nitrogens with two attached hydrogens (primary N) is 1. The highest BCUT2D eigenvalue weighted by molar-refractivity contribution is 8.06. The molecule has 1 fully saturated rings. The third-order valence-electron chi connectivity index (χ3n) is 7.67. The number of thiazole rings is 1. The summed E-state index contributed by atoms with van der Waals surface area (Å²) in [6.45, 7) is 4.15. The highest BCUT2D eigenvalue weighted by Gasteiger charge is 2.55. The summed E-state index contributed by atoms with van der Waals surface area (Å²) in [6.07, 6.45) is 2.84. The van der Waals surface area contributed by atoms with Crippen molar-refractivity contribution in [2.75, 3.05) is 5.73 Å². The molecule has 6 N–H and O–H groups in total.